The molecule has 0 aliphatic carbocycles. The number of nitrogens with zero attached hydrogens (tertiary/aromatic N) is 3. The van der Waals surface area contributed by atoms with Crippen LogP contribution in [0.2, 0.25) is 0 Å². The van der Waals surface area contributed by atoms with Crippen LogP contribution in [-0.2, 0) is 0 Å². The number of rotatable bonds is 7. The van der Waals surface area contributed by atoms with Crippen molar-refractivity contribution in [3.63, 3.8) is 0 Å². The molecule has 0 bridgehead atoms. The number of aromatic nitrogens is 2. The average Bonchev–Trinajstić information content (AvgIpc) is 4.01. The molecule has 0 unspecified atom stereocenters. The number of para-hydroxylation sites is 3. The van der Waals surface area contributed by atoms with Crippen LogP contribution in [0.3, 0.4) is 0 Å². The summed E-state index contributed by atoms with van der Waals surface area (Å²) in [6, 6.07) is 74.7. The maximum absolute atomic E-state index is 6.69. The van der Waals surface area contributed by atoms with Gasteiger partial charge in [-0.25, -0.2) is 0 Å². The van der Waals surface area contributed by atoms with Crippen molar-refractivity contribution in [3.8, 4) is 22.5 Å². The summed E-state index contributed by atoms with van der Waals surface area (Å²) in [6.45, 7) is 0. The highest BCUT2D eigenvalue weighted by molar-refractivity contribution is 6.31. The first-order chi connectivity index (χ1) is 30.7. The van der Waals surface area contributed by atoms with Crippen LogP contribution in [0, 0.1) is 0 Å². The summed E-state index contributed by atoms with van der Waals surface area (Å²) >= 11 is 0. The highest BCUT2D eigenvalue weighted by Crippen LogP contribution is 2.45. The van der Waals surface area contributed by atoms with Crippen LogP contribution in [0.15, 0.2) is 222 Å². The fourth-order valence-electron chi connectivity index (χ4n) is 9.58. The van der Waals surface area contributed by atoms with Gasteiger partial charge in [-0.05, 0) is 89.0 Å². The van der Waals surface area contributed by atoms with E-state index < -0.39 is 0 Å². The fourth-order valence-corrected chi connectivity index (χ4v) is 9.58. The van der Waals surface area contributed by atoms with E-state index in [1.54, 1.807) is 0 Å². The monoisotopic (exact) mass is 797 g/mol. The molecule has 0 spiro atoms. The number of fused-ring (bicyclic) bond motifs is 11. The Morgan fingerprint density at radius 3 is 1.81 bits per heavy atom. The number of hydrazone groups is 1. The van der Waals surface area contributed by atoms with E-state index in [2.05, 4.69) is 214 Å². The summed E-state index contributed by atoms with van der Waals surface area (Å²) in [5, 5.41) is 14.9. The minimum absolute atomic E-state index is 0.129. The normalized spacial score (nSPS) is 12.2. The lowest BCUT2D eigenvalue weighted by Crippen LogP contribution is -2.31. The Bertz CT molecular complexity index is 3620. The molecule has 294 valence electrons. The van der Waals surface area contributed by atoms with Crippen molar-refractivity contribution in [2.24, 2.45) is 10.9 Å². The summed E-state index contributed by atoms with van der Waals surface area (Å²) in [6.07, 6.45) is 0. The Morgan fingerprint density at radius 2 is 1.08 bits per heavy atom. The molecular formula is C56H39N5O. The third kappa shape index (κ3) is 5.61. The van der Waals surface area contributed by atoms with Gasteiger partial charge in [0.2, 0.25) is 0 Å². The van der Waals surface area contributed by atoms with Gasteiger partial charge in [0.1, 0.15) is 11.2 Å². The number of benzene rings is 9. The van der Waals surface area contributed by atoms with Gasteiger partial charge >= 0.3 is 0 Å². The number of nitrogens with two attached hydrogens (primary N) is 1. The van der Waals surface area contributed by atoms with Crippen LogP contribution < -0.4 is 11.2 Å². The molecule has 6 nitrogen and oxygen atoms in total. The van der Waals surface area contributed by atoms with Gasteiger partial charge in [-0.15, -0.1) is 0 Å². The summed E-state index contributed by atoms with van der Waals surface area (Å²) in [7, 11) is 0. The molecule has 0 aliphatic heterocycles. The van der Waals surface area contributed by atoms with Gasteiger partial charge in [0.05, 0.1) is 33.5 Å². The third-order valence-corrected chi connectivity index (χ3v) is 12.4. The predicted octanol–water partition coefficient (Wildman–Crippen LogP) is 13.4. The molecular weight excluding hydrogens is 759 g/mol. The quantitative estimate of drug-likeness (QED) is 0.0730. The van der Waals surface area contributed by atoms with Crippen molar-refractivity contribution >= 4 is 71.4 Å². The first-order valence-corrected chi connectivity index (χ1v) is 20.9. The third-order valence-electron chi connectivity index (χ3n) is 12.4. The lowest BCUT2D eigenvalue weighted by Gasteiger charge is -2.22. The van der Waals surface area contributed by atoms with Crippen LogP contribution >= 0.6 is 0 Å². The predicted molar refractivity (Wildman–Crippen MR) is 256 cm³/mol. The van der Waals surface area contributed by atoms with Gasteiger partial charge < -0.3 is 24.7 Å². The van der Waals surface area contributed by atoms with E-state index in [4.69, 9.17) is 10.3 Å². The molecule has 12 aromatic rings. The first-order valence-electron chi connectivity index (χ1n) is 20.9. The van der Waals surface area contributed by atoms with Gasteiger partial charge in [-0.1, -0.05) is 146 Å². The van der Waals surface area contributed by atoms with E-state index in [0.717, 1.165) is 94.0 Å². The molecule has 62 heavy (non-hydrogen) atoms. The number of hydrogen-bond acceptors (Lipinski definition) is 3. The van der Waals surface area contributed by atoms with E-state index in [9.17, 15) is 0 Å². The van der Waals surface area contributed by atoms with Crippen LogP contribution in [0.25, 0.3) is 88.1 Å². The standard InChI is InChI=1S/C56H39N5O/c57-59-56(58-53(37-15-4-1-5-16-37)38-17-6-2-7-18-38)40-20-14-19-39(35-40)36-27-29-42(30-28-36)60-47-25-12-10-24-45(47)51-48(60)34-32-46-52-49(61(54(46)51)41-21-8-3-9-22-41)33-31-44-43-23-11-13-26-50(43)62-55(44)52/h1-35,53H,57H2,(H,58,59). The lowest BCUT2D eigenvalue weighted by atomic mass is 9.97. The van der Waals surface area contributed by atoms with E-state index in [1.807, 2.05) is 18.2 Å². The Labute approximate surface area is 357 Å². The zero-order chi connectivity index (χ0) is 41.1. The molecule has 0 saturated heterocycles. The van der Waals surface area contributed by atoms with Crippen molar-refractivity contribution in [1.82, 2.24) is 14.5 Å². The smallest absolute Gasteiger partial charge is 0.153 e. The van der Waals surface area contributed by atoms with Crippen molar-refractivity contribution in [3.05, 3.63) is 229 Å². The fraction of sp³-hybridized carbons (Fsp3) is 0.0179. The zero-order valence-corrected chi connectivity index (χ0v) is 33.6. The number of furan rings is 1. The van der Waals surface area contributed by atoms with Crippen LogP contribution in [0.1, 0.15) is 22.7 Å². The molecule has 12 rings (SSSR count). The van der Waals surface area contributed by atoms with Gasteiger partial charge in [0.25, 0.3) is 0 Å². The topological polar surface area (TPSA) is 73.4 Å². The van der Waals surface area contributed by atoms with Crippen LogP contribution in [0.5, 0.6) is 0 Å². The van der Waals surface area contributed by atoms with Crippen molar-refractivity contribution in [1.29, 1.82) is 0 Å². The van der Waals surface area contributed by atoms with Gasteiger partial charge in [0.15, 0.2) is 5.84 Å². The molecule has 9 aromatic carbocycles. The maximum Gasteiger partial charge on any atom is 0.153 e. The highest BCUT2D eigenvalue weighted by atomic mass is 16.3. The highest BCUT2D eigenvalue weighted by Gasteiger charge is 2.24. The molecule has 0 aliphatic rings. The summed E-state index contributed by atoms with van der Waals surface area (Å²) in [4.78, 5) is 0. The Morgan fingerprint density at radius 1 is 0.468 bits per heavy atom. The van der Waals surface area contributed by atoms with Gasteiger partial charge in [0, 0.05) is 43.9 Å². The molecule has 6 heteroatoms. The average molecular weight is 798 g/mol. The van der Waals surface area contributed by atoms with Gasteiger partial charge in [-0.3, -0.25) is 0 Å². The summed E-state index contributed by atoms with van der Waals surface area (Å²) < 4.78 is 11.5. The first kappa shape index (κ1) is 35.6. The molecule has 3 N–H and O–H groups in total. The molecule has 0 amide bonds. The van der Waals surface area contributed by atoms with Gasteiger partial charge in [-0.2, -0.15) is 5.10 Å². The number of nitrogens with one attached hydrogen (secondary N) is 1. The van der Waals surface area contributed by atoms with Crippen LogP contribution in [-0.4, -0.2) is 15.0 Å². The van der Waals surface area contributed by atoms with Crippen molar-refractivity contribution < 1.29 is 4.42 Å². The minimum atomic E-state index is -0.129. The minimum Gasteiger partial charge on any atom is -0.455 e. The largest absolute Gasteiger partial charge is 0.455 e. The Kier molecular flexibility index (Phi) is 8.28. The Hall–Kier alpha value is -8.35. The number of hydrogen-bond donors (Lipinski definition) is 2. The van der Waals surface area contributed by atoms with Crippen molar-refractivity contribution in [2.75, 3.05) is 0 Å². The molecule has 0 fully saturated rings. The molecule has 0 saturated carbocycles. The lowest BCUT2D eigenvalue weighted by molar-refractivity contribution is 0.673. The second-order valence-electron chi connectivity index (χ2n) is 15.8. The molecule has 3 aromatic heterocycles. The zero-order valence-electron chi connectivity index (χ0n) is 33.6. The second-order valence-corrected chi connectivity index (χ2v) is 15.8. The van der Waals surface area contributed by atoms with E-state index in [0.29, 0.717) is 5.84 Å². The molecule has 0 radical (unpaired) electrons. The summed E-state index contributed by atoms with van der Waals surface area (Å²) in [5.41, 5.74) is 13.9. The second kappa shape index (κ2) is 14.4. The molecule has 0 atom stereocenters. The number of amidine groups is 1. The van der Waals surface area contributed by atoms with Crippen molar-refractivity contribution in [2.45, 2.75) is 6.04 Å². The van der Waals surface area contributed by atoms with E-state index >= 15 is 0 Å². The van der Waals surface area contributed by atoms with Crippen LogP contribution in [0.4, 0.5) is 0 Å². The van der Waals surface area contributed by atoms with E-state index in [1.165, 1.54) is 10.8 Å². The molecule has 3 heterocycles. The Balaban J connectivity index is 0.983. The summed E-state index contributed by atoms with van der Waals surface area (Å²) in [5.74, 6) is 6.74. The SMILES string of the molecule is N/N=C(\NC(c1ccccc1)c1ccccc1)c1cccc(-c2ccc(-n3c4ccccc4c4c3ccc3c5c6oc7ccccc7c6ccc5n(-c5ccccc5)c34)cc2)c1. The van der Waals surface area contributed by atoms with E-state index in [-0.39, 0.29) is 6.04 Å². The maximum atomic E-state index is 6.69.